The third kappa shape index (κ3) is 3.01. The Morgan fingerprint density at radius 2 is 2.37 bits per heavy atom. The summed E-state index contributed by atoms with van der Waals surface area (Å²) in [6.45, 7) is 3.84. The SMILES string of the molecule is CCC1SCC(C(=O)O)N1C(=O)Nc1ncc(C)s1. The highest BCUT2D eigenvalue weighted by Gasteiger charge is 2.41. The van der Waals surface area contributed by atoms with Crippen LogP contribution in [0.2, 0.25) is 0 Å². The summed E-state index contributed by atoms with van der Waals surface area (Å²) in [6, 6.07) is -1.16. The van der Waals surface area contributed by atoms with Gasteiger partial charge in [-0.15, -0.1) is 23.1 Å². The van der Waals surface area contributed by atoms with Crippen LogP contribution in [0.4, 0.5) is 9.93 Å². The molecule has 0 aromatic carbocycles. The summed E-state index contributed by atoms with van der Waals surface area (Å²) in [4.78, 5) is 29.9. The lowest BCUT2D eigenvalue weighted by atomic mass is 10.3. The lowest BCUT2D eigenvalue weighted by Gasteiger charge is -2.26. The van der Waals surface area contributed by atoms with Crippen molar-refractivity contribution in [3.05, 3.63) is 11.1 Å². The Bertz CT molecular complexity index is 491. The zero-order valence-electron chi connectivity index (χ0n) is 10.6. The van der Waals surface area contributed by atoms with Gasteiger partial charge >= 0.3 is 12.0 Å². The molecule has 0 spiro atoms. The van der Waals surface area contributed by atoms with Crippen LogP contribution in [0.15, 0.2) is 6.20 Å². The van der Waals surface area contributed by atoms with Crippen molar-refractivity contribution in [2.45, 2.75) is 31.7 Å². The smallest absolute Gasteiger partial charge is 0.327 e. The van der Waals surface area contributed by atoms with Crippen molar-refractivity contribution >= 4 is 40.2 Å². The van der Waals surface area contributed by atoms with Crippen LogP contribution in [0.5, 0.6) is 0 Å². The van der Waals surface area contributed by atoms with Crippen LogP contribution < -0.4 is 5.32 Å². The number of aromatic nitrogens is 1. The normalized spacial score (nSPS) is 22.5. The number of urea groups is 1. The van der Waals surface area contributed by atoms with Gasteiger partial charge in [-0.3, -0.25) is 10.2 Å². The number of carbonyl (C=O) groups excluding carboxylic acids is 1. The zero-order valence-corrected chi connectivity index (χ0v) is 12.3. The van der Waals surface area contributed by atoms with Crippen LogP contribution in [0, 0.1) is 6.92 Å². The molecule has 6 nitrogen and oxygen atoms in total. The molecule has 2 heterocycles. The predicted octanol–water partition coefficient (Wildman–Crippen LogP) is 2.22. The average Bonchev–Trinajstić information content (AvgIpc) is 2.94. The lowest BCUT2D eigenvalue weighted by Crippen LogP contribution is -2.47. The molecule has 1 aromatic heterocycles. The van der Waals surface area contributed by atoms with Crippen LogP contribution in [-0.4, -0.2) is 44.2 Å². The number of carboxylic acid groups (broad SMARTS) is 1. The van der Waals surface area contributed by atoms with Crippen molar-refractivity contribution in [2.75, 3.05) is 11.1 Å². The molecule has 104 valence electrons. The van der Waals surface area contributed by atoms with E-state index in [2.05, 4.69) is 10.3 Å². The summed E-state index contributed by atoms with van der Waals surface area (Å²) in [7, 11) is 0. The van der Waals surface area contributed by atoms with E-state index in [1.807, 2.05) is 13.8 Å². The Labute approximate surface area is 119 Å². The second-order valence-corrected chi connectivity index (χ2v) is 6.61. The van der Waals surface area contributed by atoms with Crippen LogP contribution in [-0.2, 0) is 4.79 Å². The van der Waals surface area contributed by atoms with Gasteiger partial charge in [0, 0.05) is 16.8 Å². The fourth-order valence-corrected chi connectivity index (χ4v) is 3.91. The minimum atomic E-state index is -0.964. The number of aryl methyl sites for hydroxylation is 1. The molecule has 1 aliphatic rings. The fourth-order valence-electron chi connectivity index (χ4n) is 1.91. The molecular weight excluding hydrogens is 286 g/mol. The van der Waals surface area contributed by atoms with E-state index in [9.17, 15) is 9.59 Å². The Balaban J connectivity index is 2.12. The molecule has 1 aromatic rings. The Morgan fingerprint density at radius 3 is 2.89 bits per heavy atom. The average molecular weight is 301 g/mol. The predicted molar refractivity (Wildman–Crippen MR) is 75.7 cm³/mol. The van der Waals surface area contributed by atoms with Gasteiger partial charge in [0.2, 0.25) is 0 Å². The van der Waals surface area contributed by atoms with Crippen LogP contribution in [0.3, 0.4) is 0 Å². The first kappa shape index (κ1) is 14.1. The van der Waals surface area contributed by atoms with E-state index in [4.69, 9.17) is 5.11 Å². The maximum atomic E-state index is 12.2. The van der Waals surface area contributed by atoms with Crippen molar-refractivity contribution in [1.82, 2.24) is 9.88 Å². The summed E-state index contributed by atoms with van der Waals surface area (Å²) in [5, 5.41) is 12.2. The first-order chi connectivity index (χ1) is 9.02. The standard InChI is InChI=1S/C11H15N3O3S2/c1-3-8-14(7(5-18-8)9(15)16)11(17)13-10-12-4-6(2)19-10/h4,7-8H,3,5H2,1-2H3,(H,15,16)(H,12,13,17). The van der Waals surface area contributed by atoms with Gasteiger partial charge in [0.05, 0.1) is 5.37 Å². The highest BCUT2D eigenvalue weighted by molar-refractivity contribution is 8.00. The Hall–Kier alpha value is -1.28. The largest absolute Gasteiger partial charge is 0.480 e. The van der Waals surface area contributed by atoms with Gasteiger partial charge in [-0.25, -0.2) is 14.6 Å². The minimum absolute atomic E-state index is 0.0952. The van der Waals surface area contributed by atoms with E-state index in [0.29, 0.717) is 10.9 Å². The summed E-state index contributed by atoms with van der Waals surface area (Å²) < 4.78 is 0. The van der Waals surface area contributed by atoms with Gasteiger partial charge in [-0.1, -0.05) is 6.92 Å². The molecule has 2 atom stereocenters. The molecular formula is C11H15N3O3S2. The van der Waals surface area contributed by atoms with Crippen molar-refractivity contribution < 1.29 is 14.7 Å². The zero-order chi connectivity index (χ0) is 14.0. The number of carboxylic acids is 1. The molecule has 2 unspecified atom stereocenters. The molecule has 2 rings (SSSR count). The van der Waals surface area contributed by atoms with Crippen LogP contribution in [0.25, 0.3) is 0 Å². The molecule has 2 N–H and O–H groups in total. The number of anilines is 1. The van der Waals surface area contributed by atoms with Crippen molar-refractivity contribution in [1.29, 1.82) is 0 Å². The van der Waals surface area contributed by atoms with E-state index in [0.717, 1.165) is 11.3 Å². The number of carbonyl (C=O) groups is 2. The van der Waals surface area contributed by atoms with Crippen molar-refractivity contribution in [2.24, 2.45) is 0 Å². The maximum Gasteiger partial charge on any atom is 0.327 e. The van der Waals surface area contributed by atoms with Gasteiger partial charge in [-0.2, -0.15) is 0 Å². The molecule has 0 aliphatic carbocycles. The number of hydrogen-bond acceptors (Lipinski definition) is 5. The molecule has 1 fully saturated rings. The summed E-state index contributed by atoms with van der Waals surface area (Å²) >= 11 is 2.87. The third-order valence-electron chi connectivity index (χ3n) is 2.80. The number of thiazole rings is 1. The van der Waals surface area contributed by atoms with Gasteiger partial charge < -0.3 is 5.11 Å². The monoisotopic (exact) mass is 301 g/mol. The van der Waals surface area contributed by atoms with Gasteiger partial charge in [0.25, 0.3) is 0 Å². The highest BCUT2D eigenvalue weighted by Crippen LogP contribution is 2.32. The molecule has 2 amide bonds. The van der Waals surface area contributed by atoms with E-state index in [1.54, 1.807) is 6.20 Å². The summed E-state index contributed by atoms with van der Waals surface area (Å²) in [6.07, 6.45) is 2.39. The van der Waals surface area contributed by atoms with E-state index in [-0.39, 0.29) is 5.37 Å². The van der Waals surface area contributed by atoms with Gasteiger partial charge in [0.15, 0.2) is 5.13 Å². The quantitative estimate of drug-likeness (QED) is 0.894. The third-order valence-corrected chi connectivity index (χ3v) is 5.08. The minimum Gasteiger partial charge on any atom is -0.480 e. The molecule has 0 bridgehead atoms. The van der Waals surface area contributed by atoms with E-state index >= 15 is 0 Å². The molecule has 1 saturated heterocycles. The van der Waals surface area contributed by atoms with Gasteiger partial charge in [-0.05, 0) is 13.3 Å². The Morgan fingerprint density at radius 1 is 1.63 bits per heavy atom. The van der Waals surface area contributed by atoms with Crippen molar-refractivity contribution in [3.63, 3.8) is 0 Å². The second kappa shape index (κ2) is 5.79. The molecule has 19 heavy (non-hydrogen) atoms. The number of thioether (sulfide) groups is 1. The maximum absolute atomic E-state index is 12.2. The second-order valence-electron chi connectivity index (χ2n) is 4.16. The summed E-state index contributed by atoms with van der Waals surface area (Å²) in [5.41, 5.74) is 0. The fraction of sp³-hybridized carbons (Fsp3) is 0.545. The Kier molecular flexibility index (Phi) is 4.31. The first-order valence-electron chi connectivity index (χ1n) is 5.89. The van der Waals surface area contributed by atoms with Crippen LogP contribution >= 0.6 is 23.1 Å². The number of nitrogens with one attached hydrogen (secondary N) is 1. The lowest BCUT2D eigenvalue weighted by molar-refractivity contribution is -0.141. The van der Waals surface area contributed by atoms with Crippen LogP contribution in [0.1, 0.15) is 18.2 Å². The van der Waals surface area contributed by atoms with Crippen molar-refractivity contribution in [3.8, 4) is 0 Å². The number of aliphatic carboxylic acids is 1. The van der Waals surface area contributed by atoms with Gasteiger partial charge in [0.1, 0.15) is 6.04 Å². The number of hydrogen-bond donors (Lipinski definition) is 2. The van der Waals surface area contributed by atoms with E-state index < -0.39 is 18.0 Å². The van der Waals surface area contributed by atoms with E-state index in [1.165, 1.54) is 28.0 Å². The molecule has 0 saturated carbocycles. The number of amides is 2. The topological polar surface area (TPSA) is 82.5 Å². The highest BCUT2D eigenvalue weighted by atomic mass is 32.2. The molecule has 8 heteroatoms. The molecule has 1 aliphatic heterocycles. The summed E-state index contributed by atoms with van der Waals surface area (Å²) in [5.74, 6) is -0.535. The number of nitrogens with zero attached hydrogens (tertiary/aromatic N) is 2. The number of rotatable bonds is 3. The first-order valence-corrected chi connectivity index (χ1v) is 7.75. The molecule has 0 radical (unpaired) electrons.